The maximum atomic E-state index is 13.3. The van der Waals surface area contributed by atoms with Crippen LogP contribution >= 0.6 is 11.6 Å². The van der Waals surface area contributed by atoms with Crippen molar-refractivity contribution >= 4 is 39.2 Å². The third-order valence-electron chi connectivity index (χ3n) is 4.59. The van der Waals surface area contributed by atoms with Crippen molar-refractivity contribution in [2.45, 2.75) is 18.7 Å². The van der Waals surface area contributed by atoms with Crippen molar-refractivity contribution in [3.8, 4) is 0 Å². The molecule has 0 aliphatic heterocycles. The van der Waals surface area contributed by atoms with Crippen LogP contribution in [0.2, 0.25) is 5.02 Å². The second-order valence-electron chi connectivity index (χ2n) is 6.59. The average molecular weight is 483 g/mol. The molecule has 0 aliphatic rings. The van der Waals surface area contributed by atoms with Gasteiger partial charge in [0.05, 0.1) is 22.8 Å². The van der Waals surface area contributed by atoms with Gasteiger partial charge in [0.25, 0.3) is 15.9 Å². The minimum atomic E-state index is -4.24. The topological polar surface area (TPSA) is 84.0 Å². The SMILES string of the molecule is C=CCN(c1ccc(F)cc1)S(=O)(=O)c1cc(C(=O)OCC(=O)N(CC)CC)ccc1Cl. The molecule has 0 atom stereocenters. The molecule has 0 bridgehead atoms. The summed E-state index contributed by atoms with van der Waals surface area (Å²) in [6, 6.07) is 8.52. The van der Waals surface area contributed by atoms with E-state index in [1.54, 1.807) is 13.8 Å². The summed E-state index contributed by atoms with van der Waals surface area (Å²) in [4.78, 5) is 25.7. The lowest BCUT2D eigenvalue weighted by Gasteiger charge is -2.24. The molecule has 0 N–H and O–H groups in total. The highest BCUT2D eigenvalue weighted by Gasteiger charge is 2.28. The molecule has 7 nitrogen and oxygen atoms in total. The lowest BCUT2D eigenvalue weighted by atomic mass is 10.2. The number of esters is 1. The Kier molecular flexibility index (Phi) is 8.80. The molecule has 0 saturated carbocycles. The summed E-state index contributed by atoms with van der Waals surface area (Å²) in [7, 11) is -4.24. The van der Waals surface area contributed by atoms with E-state index in [0.29, 0.717) is 13.1 Å². The number of rotatable bonds is 10. The van der Waals surface area contributed by atoms with E-state index in [4.69, 9.17) is 16.3 Å². The van der Waals surface area contributed by atoms with E-state index in [9.17, 15) is 22.4 Å². The van der Waals surface area contributed by atoms with E-state index < -0.39 is 28.4 Å². The first-order chi connectivity index (χ1) is 15.1. The lowest BCUT2D eigenvalue weighted by molar-refractivity contribution is -0.134. The predicted octanol–water partition coefficient (Wildman–Crippen LogP) is 3.89. The van der Waals surface area contributed by atoms with Crippen LogP contribution in [0.4, 0.5) is 10.1 Å². The molecule has 0 heterocycles. The van der Waals surface area contributed by atoms with Gasteiger partial charge in [-0.2, -0.15) is 0 Å². The molecular weight excluding hydrogens is 459 g/mol. The fourth-order valence-electron chi connectivity index (χ4n) is 2.89. The molecule has 2 rings (SSSR count). The van der Waals surface area contributed by atoms with E-state index in [1.165, 1.54) is 35.2 Å². The van der Waals surface area contributed by atoms with E-state index in [0.717, 1.165) is 22.5 Å². The van der Waals surface area contributed by atoms with Gasteiger partial charge in [0.2, 0.25) is 0 Å². The second-order valence-corrected chi connectivity index (χ2v) is 8.83. The van der Waals surface area contributed by atoms with Crippen LogP contribution in [0.15, 0.2) is 60.0 Å². The summed E-state index contributed by atoms with van der Waals surface area (Å²) < 4.78 is 46.0. The first-order valence-corrected chi connectivity index (χ1v) is 11.6. The summed E-state index contributed by atoms with van der Waals surface area (Å²) >= 11 is 6.14. The number of benzene rings is 2. The molecular formula is C22H24ClFN2O5S. The van der Waals surface area contributed by atoms with Gasteiger partial charge < -0.3 is 9.64 Å². The molecule has 2 aromatic carbocycles. The third-order valence-corrected chi connectivity index (χ3v) is 6.86. The van der Waals surface area contributed by atoms with Crippen LogP contribution in [0.1, 0.15) is 24.2 Å². The standard InChI is InChI=1S/C22H24ClFN2O5S/c1-4-13-26(18-10-8-17(24)9-11-18)32(29,30)20-14-16(7-12-19(20)23)22(28)31-15-21(27)25(5-2)6-3/h4,7-12,14H,1,5-6,13,15H2,2-3H3. The van der Waals surface area contributed by atoms with Gasteiger partial charge in [-0.1, -0.05) is 17.7 Å². The predicted molar refractivity (Wildman–Crippen MR) is 121 cm³/mol. The second kappa shape index (κ2) is 11.1. The highest BCUT2D eigenvalue weighted by Crippen LogP contribution is 2.29. The van der Waals surface area contributed by atoms with E-state index in [-0.39, 0.29) is 33.6 Å². The number of carbonyl (C=O) groups excluding carboxylic acids is 2. The van der Waals surface area contributed by atoms with Crippen molar-refractivity contribution < 1.29 is 27.1 Å². The average Bonchev–Trinajstić information content (AvgIpc) is 2.77. The number of halogens is 2. The zero-order valence-corrected chi connectivity index (χ0v) is 19.3. The zero-order valence-electron chi connectivity index (χ0n) is 17.8. The summed E-state index contributed by atoms with van der Waals surface area (Å²) in [6.45, 7) is 7.53. The molecule has 172 valence electrons. The molecule has 0 unspecified atom stereocenters. The summed E-state index contributed by atoms with van der Waals surface area (Å²) in [5, 5.41) is -0.114. The number of hydrogen-bond donors (Lipinski definition) is 0. The van der Waals surface area contributed by atoms with Gasteiger partial charge in [-0.05, 0) is 56.3 Å². The van der Waals surface area contributed by atoms with Gasteiger partial charge in [-0.3, -0.25) is 9.10 Å². The van der Waals surface area contributed by atoms with Crippen LogP contribution < -0.4 is 4.31 Å². The zero-order chi connectivity index (χ0) is 23.9. The van der Waals surface area contributed by atoms with Crippen LogP contribution in [0.25, 0.3) is 0 Å². The highest BCUT2D eigenvalue weighted by atomic mass is 35.5. The molecule has 0 aromatic heterocycles. The summed E-state index contributed by atoms with van der Waals surface area (Å²) in [6.07, 6.45) is 1.37. The normalized spacial score (nSPS) is 11.0. The Morgan fingerprint density at radius 3 is 2.31 bits per heavy atom. The number of likely N-dealkylation sites (N-methyl/N-ethyl adjacent to an activating group) is 1. The first-order valence-electron chi connectivity index (χ1n) is 9.79. The lowest BCUT2D eigenvalue weighted by Crippen LogP contribution is -2.34. The Morgan fingerprint density at radius 2 is 1.75 bits per heavy atom. The van der Waals surface area contributed by atoms with Crippen molar-refractivity contribution in [2.24, 2.45) is 0 Å². The molecule has 1 amide bonds. The van der Waals surface area contributed by atoms with E-state index >= 15 is 0 Å². The minimum Gasteiger partial charge on any atom is -0.452 e. The van der Waals surface area contributed by atoms with Crippen LogP contribution in [0, 0.1) is 5.82 Å². The number of nitrogens with zero attached hydrogens (tertiary/aromatic N) is 2. The van der Waals surface area contributed by atoms with Gasteiger partial charge in [0.15, 0.2) is 6.61 Å². The van der Waals surface area contributed by atoms with Crippen molar-refractivity contribution in [1.29, 1.82) is 0 Å². The fourth-order valence-corrected chi connectivity index (χ4v) is 4.83. The number of sulfonamides is 1. The number of anilines is 1. The summed E-state index contributed by atoms with van der Waals surface area (Å²) in [5.41, 5.74) is 0.109. The molecule has 0 spiro atoms. The number of hydrogen-bond acceptors (Lipinski definition) is 5. The van der Waals surface area contributed by atoms with Gasteiger partial charge >= 0.3 is 5.97 Å². The summed E-state index contributed by atoms with van der Waals surface area (Å²) in [5.74, 6) is -1.75. The van der Waals surface area contributed by atoms with E-state index in [2.05, 4.69) is 6.58 Å². The van der Waals surface area contributed by atoms with Crippen LogP contribution in [-0.2, 0) is 19.6 Å². The van der Waals surface area contributed by atoms with Crippen molar-refractivity contribution in [2.75, 3.05) is 30.5 Å². The van der Waals surface area contributed by atoms with Gasteiger partial charge in [-0.15, -0.1) is 6.58 Å². The Balaban J connectivity index is 2.35. The van der Waals surface area contributed by atoms with Crippen molar-refractivity contribution in [3.63, 3.8) is 0 Å². The quantitative estimate of drug-likeness (QED) is 0.379. The third kappa shape index (κ3) is 5.86. The Labute approximate surface area is 192 Å². The molecule has 2 aromatic rings. The Morgan fingerprint density at radius 1 is 1.12 bits per heavy atom. The number of ether oxygens (including phenoxy) is 1. The van der Waals surface area contributed by atoms with Gasteiger partial charge in [-0.25, -0.2) is 17.6 Å². The molecule has 32 heavy (non-hydrogen) atoms. The number of amides is 1. The first kappa shape index (κ1) is 25.4. The van der Waals surface area contributed by atoms with Gasteiger partial charge in [0.1, 0.15) is 10.7 Å². The maximum Gasteiger partial charge on any atom is 0.338 e. The van der Waals surface area contributed by atoms with Crippen molar-refractivity contribution in [1.82, 2.24) is 4.90 Å². The van der Waals surface area contributed by atoms with Crippen LogP contribution in [-0.4, -0.2) is 51.4 Å². The smallest absolute Gasteiger partial charge is 0.338 e. The van der Waals surface area contributed by atoms with Gasteiger partial charge in [0, 0.05) is 13.1 Å². The Hall–Kier alpha value is -2.91. The molecule has 0 aliphatic carbocycles. The maximum absolute atomic E-state index is 13.3. The number of carbonyl (C=O) groups is 2. The molecule has 0 fully saturated rings. The monoisotopic (exact) mass is 482 g/mol. The molecule has 10 heteroatoms. The fraction of sp³-hybridized carbons (Fsp3) is 0.273. The van der Waals surface area contributed by atoms with Crippen molar-refractivity contribution in [3.05, 3.63) is 71.5 Å². The minimum absolute atomic E-state index is 0.0852. The molecule has 0 saturated heterocycles. The van der Waals surface area contributed by atoms with Crippen LogP contribution in [0.3, 0.4) is 0 Å². The Bertz CT molecular complexity index is 1090. The molecule has 0 radical (unpaired) electrons. The largest absolute Gasteiger partial charge is 0.452 e. The highest BCUT2D eigenvalue weighted by molar-refractivity contribution is 7.93. The van der Waals surface area contributed by atoms with E-state index in [1.807, 2.05) is 0 Å². The van der Waals surface area contributed by atoms with Crippen LogP contribution in [0.5, 0.6) is 0 Å².